The highest BCUT2D eigenvalue weighted by atomic mass is 31.2. The fourth-order valence-corrected chi connectivity index (χ4v) is 12.9. The van der Waals surface area contributed by atoms with E-state index in [0.717, 1.165) is 135 Å². The van der Waals surface area contributed by atoms with Crippen LogP contribution in [0.2, 0.25) is 0 Å². The van der Waals surface area contributed by atoms with Crippen molar-refractivity contribution in [2.24, 2.45) is 0 Å². The van der Waals surface area contributed by atoms with E-state index in [1.165, 1.54) is 161 Å². The van der Waals surface area contributed by atoms with Gasteiger partial charge in [-0.2, -0.15) is 0 Å². The van der Waals surface area contributed by atoms with Crippen LogP contribution in [0.3, 0.4) is 0 Å². The Morgan fingerprint density at radius 3 is 0.816 bits per heavy atom. The zero-order valence-corrected chi connectivity index (χ0v) is 64.5. The second-order valence-corrected chi connectivity index (χ2v) is 29.9. The Labute approximate surface area is 597 Å². The van der Waals surface area contributed by atoms with Gasteiger partial charge in [0.05, 0.1) is 26.4 Å². The molecule has 5 atom stereocenters. The van der Waals surface area contributed by atoms with Crippen molar-refractivity contribution in [2.75, 3.05) is 39.6 Å². The number of rotatable bonds is 76. The summed E-state index contributed by atoms with van der Waals surface area (Å²) in [4.78, 5) is 72.9. The second-order valence-electron chi connectivity index (χ2n) is 27.0. The quantitative estimate of drug-likeness (QED) is 0.0169. The van der Waals surface area contributed by atoms with Gasteiger partial charge in [0.15, 0.2) is 12.2 Å². The predicted octanol–water partition coefficient (Wildman–Crippen LogP) is 22.9. The number of hydrogen-bond acceptors (Lipinski definition) is 15. The van der Waals surface area contributed by atoms with Gasteiger partial charge in [-0.15, -0.1) is 0 Å². The molecule has 0 radical (unpaired) electrons. The van der Waals surface area contributed by atoms with E-state index in [4.69, 9.17) is 37.0 Å². The molecule has 0 heterocycles. The molecule has 0 aromatic heterocycles. The van der Waals surface area contributed by atoms with Crippen molar-refractivity contribution in [2.45, 2.75) is 393 Å². The molecule has 0 amide bonds. The molecule has 0 aliphatic heterocycles. The number of carbonyl (C=O) groups is 4. The largest absolute Gasteiger partial charge is 0.472 e. The van der Waals surface area contributed by atoms with Crippen LogP contribution in [-0.2, 0) is 65.4 Å². The highest BCUT2D eigenvalue weighted by Crippen LogP contribution is 2.45. The number of aliphatic hydroxyl groups excluding tert-OH is 1. The van der Waals surface area contributed by atoms with E-state index in [0.29, 0.717) is 25.7 Å². The molecular formula is C79H146O17P2. The molecular weight excluding hydrogens is 1280 g/mol. The smallest absolute Gasteiger partial charge is 0.462 e. The van der Waals surface area contributed by atoms with Crippen LogP contribution in [0.15, 0.2) is 48.6 Å². The number of esters is 4. The average molecular weight is 1430 g/mol. The van der Waals surface area contributed by atoms with Gasteiger partial charge >= 0.3 is 39.5 Å². The van der Waals surface area contributed by atoms with Gasteiger partial charge in [0.1, 0.15) is 19.3 Å². The van der Waals surface area contributed by atoms with Crippen LogP contribution in [0.1, 0.15) is 374 Å². The predicted molar refractivity (Wildman–Crippen MR) is 400 cm³/mol. The normalized spacial score (nSPS) is 14.2. The third-order valence-electron chi connectivity index (χ3n) is 17.3. The van der Waals surface area contributed by atoms with Crippen LogP contribution >= 0.6 is 15.6 Å². The number of phosphoric acid groups is 2. The first kappa shape index (κ1) is 95.0. The Morgan fingerprint density at radius 1 is 0.296 bits per heavy atom. The van der Waals surface area contributed by atoms with Crippen LogP contribution in [0.25, 0.3) is 0 Å². The molecule has 0 aliphatic carbocycles. The van der Waals surface area contributed by atoms with Gasteiger partial charge in [0.2, 0.25) is 0 Å². The zero-order valence-electron chi connectivity index (χ0n) is 62.7. The van der Waals surface area contributed by atoms with Gasteiger partial charge < -0.3 is 33.8 Å². The number of unbranched alkanes of at least 4 members (excludes halogenated alkanes) is 42. The minimum Gasteiger partial charge on any atom is -0.462 e. The molecule has 0 aromatic carbocycles. The maximum absolute atomic E-state index is 13.1. The first-order valence-electron chi connectivity index (χ1n) is 39.9. The Bertz CT molecular complexity index is 2050. The molecule has 0 saturated heterocycles. The van der Waals surface area contributed by atoms with Gasteiger partial charge in [-0.3, -0.25) is 37.3 Å². The van der Waals surface area contributed by atoms with Gasteiger partial charge in [0, 0.05) is 25.7 Å². The van der Waals surface area contributed by atoms with E-state index in [-0.39, 0.29) is 25.7 Å². The lowest BCUT2D eigenvalue weighted by Crippen LogP contribution is -2.30. The summed E-state index contributed by atoms with van der Waals surface area (Å²) in [5.41, 5.74) is 0. The van der Waals surface area contributed by atoms with Crippen molar-refractivity contribution < 1.29 is 80.2 Å². The third kappa shape index (κ3) is 71.4. The molecule has 0 fully saturated rings. The highest BCUT2D eigenvalue weighted by molar-refractivity contribution is 7.47. The van der Waals surface area contributed by atoms with Crippen LogP contribution in [0.5, 0.6) is 0 Å². The Kier molecular flexibility index (Phi) is 70.2. The Balaban J connectivity index is 5.28. The van der Waals surface area contributed by atoms with Gasteiger partial charge in [-0.05, 0) is 64.2 Å². The van der Waals surface area contributed by atoms with Crippen molar-refractivity contribution in [1.82, 2.24) is 0 Å². The number of phosphoric ester groups is 2. The number of allylic oxidation sites excluding steroid dienone is 8. The number of aliphatic hydroxyl groups is 1. The SMILES string of the molecule is CC/C=C\C/C=C\C/C=C\C/C=C\CCCCCCCCC(=O)OCC(COP(=O)(O)OCC(O)COP(=O)(O)OCC(COC(=O)CCCCCCCCCCCCCCC)OC(=O)CCCCCCCCCCCCCCC)OC(=O)CCCCCCCCCCCCCCC. The molecule has 17 nitrogen and oxygen atoms in total. The zero-order chi connectivity index (χ0) is 71.8. The van der Waals surface area contributed by atoms with E-state index >= 15 is 0 Å². The van der Waals surface area contributed by atoms with E-state index in [2.05, 4.69) is 76.3 Å². The van der Waals surface area contributed by atoms with Crippen LogP contribution < -0.4 is 0 Å². The maximum atomic E-state index is 13.1. The maximum Gasteiger partial charge on any atom is 0.472 e. The molecule has 0 bridgehead atoms. The first-order valence-corrected chi connectivity index (χ1v) is 42.9. The fourth-order valence-electron chi connectivity index (χ4n) is 11.3. The minimum atomic E-state index is -4.97. The molecule has 3 N–H and O–H groups in total. The van der Waals surface area contributed by atoms with Crippen LogP contribution in [0.4, 0.5) is 0 Å². The molecule has 0 rings (SSSR count). The lowest BCUT2D eigenvalue weighted by molar-refractivity contribution is -0.161. The molecule has 0 aromatic rings. The lowest BCUT2D eigenvalue weighted by Gasteiger charge is -2.21. The van der Waals surface area contributed by atoms with Crippen molar-refractivity contribution in [3.8, 4) is 0 Å². The van der Waals surface area contributed by atoms with Crippen molar-refractivity contribution in [3.05, 3.63) is 48.6 Å². The summed E-state index contributed by atoms with van der Waals surface area (Å²) in [6.07, 6.45) is 69.4. The van der Waals surface area contributed by atoms with Gasteiger partial charge in [0.25, 0.3) is 0 Å². The van der Waals surface area contributed by atoms with Crippen molar-refractivity contribution in [3.63, 3.8) is 0 Å². The monoisotopic (exact) mass is 1430 g/mol. The van der Waals surface area contributed by atoms with Crippen molar-refractivity contribution >= 4 is 39.5 Å². The minimum absolute atomic E-state index is 0.0991. The summed E-state index contributed by atoms with van der Waals surface area (Å²) in [5, 5.41) is 10.6. The first-order chi connectivity index (χ1) is 47.7. The molecule has 0 saturated carbocycles. The Morgan fingerprint density at radius 2 is 0.531 bits per heavy atom. The average Bonchev–Trinajstić information content (AvgIpc) is 0.966. The number of ether oxygens (including phenoxy) is 4. The topological polar surface area (TPSA) is 237 Å². The highest BCUT2D eigenvalue weighted by Gasteiger charge is 2.30. The lowest BCUT2D eigenvalue weighted by atomic mass is 10.0. The fraction of sp³-hybridized carbons (Fsp3) is 0.848. The molecule has 0 aliphatic rings. The summed E-state index contributed by atoms with van der Waals surface area (Å²) in [5.74, 6) is -2.14. The van der Waals surface area contributed by atoms with Gasteiger partial charge in [-0.25, -0.2) is 9.13 Å². The number of hydrogen-bond donors (Lipinski definition) is 3. The molecule has 0 spiro atoms. The summed E-state index contributed by atoms with van der Waals surface area (Å²) in [6.45, 7) is 4.83. The second kappa shape index (κ2) is 72.4. The molecule has 19 heteroatoms. The van der Waals surface area contributed by atoms with E-state index in [1.807, 2.05) is 0 Å². The summed E-state index contributed by atoms with van der Waals surface area (Å²) in [6, 6.07) is 0. The molecule has 98 heavy (non-hydrogen) atoms. The van der Waals surface area contributed by atoms with Crippen LogP contribution in [-0.4, -0.2) is 96.7 Å². The summed E-state index contributed by atoms with van der Waals surface area (Å²) in [7, 11) is -9.93. The van der Waals surface area contributed by atoms with E-state index < -0.39 is 97.5 Å². The molecule has 5 unspecified atom stereocenters. The summed E-state index contributed by atoms with van der Waals surface area (Å²) < 4.78 is 68.6. The van der Waals surface area contributed by atoms with Crippen LogP contribution in [0, 0.1) is 0 Å². The van der Waals surface area contributed by atoms with Gasteiger partial charge in [-0.1, -0.05) is 333 Å². The van der Waals surface area contributed by atoms with E-state index in [1.54, 1.807) is 0 Å². The molecule has 574 valence electrons. The third-order valence-corrected chi connectivity index (χ3v) is 19.2. The van der Waals surface area contributed by atoms with Crippen molar-refractivity contribution in [1.29, 1.82) is 0 Å². The standard InChI is InChI=1S/C79H146O17P2/c1-5-9-13-17-21-25-29-33-34-35-36-37-38-42-44-48-52-56-60-64-77(82)90-70-75(96-79(84)66-62-58-54-50-46-41-32-28-24-20-16-12-8-4)72-94-98(87,88)92-68-73(80)67-91-97(85,86)93-71-74(95-78(83)65-61-57-53-49-45-40-31-27-23-19-15-11-7-3)69-89-76(81)63-59-55-51-47-43-39-30-26-22-18-14-10-6-2/h9,13,21,25,33-34,36-37,73-75,80H,5-8,10-12,14-20,22-24,26-32,35,38-72H2,1-4H3,(H,85,86)(H,87,88)/b13-9-,25-21-,34-33-,37-36-. The van der Waals surface area contributed by atoms with E-state index in [9.17, 15) is 43.2 Å². The summed E-state index contributed by atoms with van der Waals surface area (Å²) >= 11 is 0. The number of carbonyl (C=O) groups excluding carboxylic acids is 4. The Hall–Kier alpha value is -2.98.